The molecule has 0 spiro atoms. The largest absolute Gasteiger partial charge is 0.0856 e. The van der Waals surface area contributed by atoms with E-state index in [2.05, 4.69) is 19.9 Å². The lowest BCUT2D eigenvalue weighted by atomic mass is 10.0. The smallest absolute Gasteiger partial charge is 0.0295 e. The molecular formula is C9H15. The SMILES string of the molecule is [CH2]C1CCCC=C(C)C1. The van der Waals surface area contributed by atoms with Gasteiger partial charge in [0.15, 0.2) is 0 Å². The van der Waals surface area contributed by atoms with Crippen molar-refractivity contribution in [3.05, 3.63) is 18.6 Å². The molecule has 0 amide bonds. The van der Waals surface area contributed by atoms with Crippen LogP contribution in [0.1, 0.15) is 32.6 Å². The zero-order valence-corrected chi connectivity index (χ0v) is 6.19. The highest BCUT2D eigenvalue weighted by Crippen LogP contribution is 2.21. The second-order valence-electron chi connectivity index (χ2n) is 3.05. The van der Waals surface area contributed by atoms with Crippen molar-refractivity contribution in [2.45, 2.75) is 32.6 Å². The predicted molar refractivity (Wildman–Crippen MR) is 41.1 cm³/mol. The van der Waals surface area contributed by atoms with Crippen LogP contribution in [-0.2, 0) is 0 Å². The average molecular weight is 123 g/mol. The number of rotatable bonds is 0. The molecule has 1 unspecified atom stereocenters. The highest BCUT2D eigenvalue weighted by atomic mass is 14.1. The topological polar surface area (TPSA) is 0 Å². The first-order valence-corrected chi connectivity index (χ1v) is 3.78. The first-order chi connectivity index (χ1) is 4.29. The first kappa shape index (κ1) is 6.85. The molecule has 9 heavy (non-hydrogen) atoms. The summed E-state index contributed by atoms with van der Waals surface area (Å²) in [6, 6.07) is 0. The van der Waals surface area contributed by atoms with Gasteiger partial charge in [0.2, 0.25) is 0 Å². The van der Waals surface area contributed by atoms with Gasteiger partial charge in [-0.25, -0.2) is 0 Å². The maximum atomic E-state index is 4.07. The van der Waals surface area contributed by atoms with Crippen molar-refractivity contribution in [1.29, 1.82) is 0 Å². The number of allylic oxidation sites excluding steroid dienone is 2. The Morgan fingerprint density at radius 1 is 1.67 bits per heavy atom. The minimum Gasteiger partial charge on any atom is -0.0856 e. The van der Waals surface area contributed by atoms with Gasteiger partial charge in [-0.05, 0) is 45.4 Å². The van der Waals surface area contributed by atoms with Crippen LogP contribution >= 0.6 is 0 Å². The molecule has 0 saturated carbocycles. The van der Waals surface area contributed by atoms with Crippen LogP contribution in [0, 0.1) is 12.8 Å². The van der Waals surface area contributed by atoms with Crippen molar-refractivity contribution < 1.29 is 0 Å². The maximum absolute atomic E-state index is 4.07. The zero-order valence-electron chi connectivity index (χ0n) is 6.19. The van der Waals surface area contributed by atoms with Crippen molar-refractivity contribution in [2.75, 3.05) is 0 Å². The van der Waals surface area contributed by atoms with E-state index < -0.39 is 0 Å². The van der Waals surface area contributed by atoms with E-state index in [-0.39, 0.29) is 0 Å². The van der Waals surface area contributed by atoms with Gasteiger partial charge in [0.05, 0.1) is 0 Å². The van der Waals surface area contributed by atoms with Gasteiger partial charge in [-0.3, -0.25) is 0 Å². The molecule has 1 aliphatic rings. The fourth-order valence-corrected chi connectivity index (χ4v) is 1.40. The Kier molecular flexibility index (Phi) is 2.32. The molecule has 1 rings (SSSR count). The Balaban J connectivity index is 2.44. The average Bonchev–Trinajstić information content (AvgIpc) is 1.93. The van der Waals surface area contributed by atoms with Crippen molar-refractivity contribution in [3.8, 4) is 0 Å². The molecule has 0 N–H and O–H groups in total. The summed E-state index contributed by atoms with van der Waals surface area (Å²) in [5, 5.41) is 0. The molecule has 0 bridgehead atoms. The highest BCUT2D eigenvalue weighted by molar-refractivity contribution is 5.01. The van der Waals surface area contributed by atoms with Crippen LogP contribution in [0.2, 0.25) is 0 Å². The van der Waals surface area contributed by atoms with Crippen molar-refractivity contribution >= 4 is 0 Å². The quantitative estimate of drug-likeness (QED) is 0.434. The van der Waals surface area contributed by atoms with E-state index in [9.17, 15) is 0 Å². The van der Waals surface area contributed by atoms with Crippen molar-refractivity contribution in [2.24, 2.45) is 5.92 Å². The molecule has 1 atom stereocenters. The van der Waals surface area contributed by atoms with E-state index in [4.69, 9.17) is 0 Å². The van der Waals surface area contributed by atoms with Gasteiger partial charge >= 0.3 is 0 Å². The standard InChI is InChI=1S/C9H15/c1-8-5-3-4-6-9(2)7-8/h6,8H,1,3-5,7H2,2H3. The Morgan fingerprint density at radius 2 is 2.44 bits per heavy atom. The van der Waals surface area contributed by atoms with Gasteiger partial charge in [0.25, 0.3) is 0 Å². The van der Waals surface area contributed by atoms with Gasteiger partial charge in [0, 0.05) is 0 Å². The molecule has 1 radical (unpaired) electrons. The Hall–Kier alpha value is -0.260. The van der Waals surface area contributed by atoms with E-state index in [1.54, 1.807) is 0 Å². The van der Waals surface area contributed by atoms with Crippen LogP contribution in [0.4, 0.5) is 0 Å². The van der Waals surface area contributed by atoms with E-state index in [0.717, 1.165) is 0 Å². The lowest BCUT2D eigenvalue weighted by molar-refractivity contribution is 0.575. The second-order valence-corrected chi connectivity index (χ2v) is 3.05. The Morgan fingerprint density at radius 3 is 3.22 bits per heavy atom. The maximum Gasteiger partial charge on any atom is -0.0295 e. The Labute approximate surface area is 58.0 Å². The molecule has 0 nitrogen and oxygen atoms in total. The van der Waals surface area contributed by atoms with Crippen LogP contribution in [-0.4, -0.2) is 0 Å². The summed E-state index contributed by atoms with van der Waals surface area (Å²) in [5.74, 6) is 0.684. The van der Waals surface area contributed by atoms with E-state index in [1.807, 2.05) is 0 Å². The summed E-state index contributed by atoms with van der Waals surface area (Å²) in [4.78, 5) is 0. The Bertz CT molecular complexity index is 111. The molecule has 0 aliphatic heterocycles. The molecule has 0 fully saturated rings. The minimum absolute atomic E-state index is 0.684. The van der Waals surface area contributed by atoms with Gasteiger partial charge < -0.3 is 0 Å². The number of hydrogen-bond acceptors (Lipinski definition) is 0. The third-order valence-electron chi connectivity index (χ3n) is 1.92. The lowest BCUT2D eigenvalue weighted by Gasteiger charge is -2.05. The van der Waals surface area contributed by atoms with Gasteiger partial charge in [-0.1, -0.05) is 11.6 Å². The van der Waals surface area contributed by atoms with E-state index in [1.165, 1.54) is 31.3 Å². The van der Waals surface area contributed by atoms with Gasteiger partial charge in [-0.2, -0.15) is 0 Å². The molecule has 0 aromatic heterocycles. The van der Waals surface area contributed by atoms with Crippen LogP contribution in [0.5, 0.6) is 0 Å². The zero-order chi connectivity index (χ0) is 6.69. The molecule has 0 aromatic carbocycles. The molecule has 1 aliphatic carbocycles. The van der Waals surface area contributed by atoms with Crippen LogP contribution in [0.15, 0.2) is 11.6 Å². The summed E-state index contributed by atoms with van der Waals surface area (Å²) in [5.41, 5.74) is 1.53. The summed E-state index contributed by atoms with van der Waals surface area (Å²) < 4.78 is 0. The molecule has 0 aromatic rings. The minimum atomic E-state index is 0.684. The third kappa shape index (κ3) is 2.21. The molecule has 51 valence electrons. The molecular weight excluding hydrogens is 108 g/mol. The monoisotopic (exact) mass is 123 g/mol. The van der Waals surface area contributed by atoms with Crippen LogP contribution < -0.4 is 0 Å². The second kappa shape index (κ2) is 3.05. The molecule has 0 heteroatoms. The summed E-state index contributed by atoms with van der Waals surface area (Å²) >= 11 is 0. The van der Waals surface area contributed by atoms with Crippen LogP contribution in [0.3, 0.4) is 0 Å². The van der Waals surface area contributed by atoms with E-state index in [0.29, 0.717) is 5.92 Å². The van der Waals surface area contributed by atoms with Gasteiger partial charge in [-0.15, -0.1) is 0 Å². The summed E-state index contributed by atoms with van der Waals surface area (Å²) in [6.07, 6.45) is 7.50. The normalized spacial score (nSPS) is 29.1. The molecule has 0 heterocycles. The first-order valence-electron chi connectivity index (χ1n) is 3.78. The predicted octanol–water partition coefficient (Wildman–Crippen LogP) is 2.96. The van der Waals surface area contributed by atoms with Crippen molar-refractivity contribution in [1.82, 2.24) is 0 Å². The van der Waals surface area contributed by atoms with Crippen molar-refractivity contribution in [3.63, 3.8) is 0 Å². The fraction of sp³-hybridized carbons (Fsp3) is 0.667. The van der Waals surface area contributed by atoms with Crippen LogP contribution in [0.25, 0.3) is 0 Å². The third-order valence-corrected chi connectivity index (χ3v) is 1.92. The molecule has 0 saturated heterocycles. The summed E-state index contributed by atoms with van der Waals surface area (Å²) in [7, 11) is 0. The summed E-state index contributed by atoms with van der Waals surface area (Å²) in [6.45, 7) is 6.28. The fourth-order valence-electron chi connectivity index (χ4n) is 1.40. The number of hydrogen-bond donors (Lipinski definition) is 0. The highest BCUT2D eigenvalue weighted by Gasteiger charge is 2.05. The van der Waals surface area contributed by atoms with Gasteiger partial charge in [0.1, 0.15) is 0 Å². The van der Waals surface area contributed by atoms with E-state index >= 15 is 0 Å². The lowest BCUT2D eigenvalue weighted by Crippen LogP contribution is -1.91.